The van der Waals surface area contributed by atoms with E-state index in [1.165, 1.54) is 0 Å². The molecule has 2 amide bonds. The van der Waals surface area contributed by atoms with Crippen molar-refractivity contribution in [3.8, 4) is 0 Å². The molecule has 6 heteroatoms. The topological polar surface area (TPSA) is 75.2 Å². The highest BCUT2D eigenvalue weighted by Crippen LogP contribution is 2.32. The van der Waals surface area contributed by atoms with E-state index in [0.717, 1.165) is 30.4 Å². The molecular formula is C27H30N4O2. The first-order chi connectivity index (χ1) is 16.1. The van der Waals surface area contributed by atoms with Crippen LogP contribution in [0.4, 0.5) is 0 Å². The SMILES string of the molecule is Cc1ncc(C(=O)NCc2ccccc2)c(C2CCCCN2C(=O)CCc2ccccc2)n1. The largest absolute Gasteiger partial charge is 0.348 e. The molecule has 0 aliphatic carbocycles. The number of rotatable bonds is 7. The normalized spacial score (nSPS) is 15.8. The number of piperidine rings is 1. The van der Waals surface area contributed by atoms with Crippen LogP contribution in [-0.4, -0.2) is 33.2 Å². The summed E-state index contributed by atoms with van der Waals surface area (Å²) in [5, 5.41) is 2.98. The summed E-state index contributed by atoms with van der Waals surface area (Å²) in [6, 6.07) is 19.6. The molecule has 2 heterocycles. The van der Waals surface area contributed by atoms with Gasteiger partial charge in [-0.2, -0.15) is 0 Å². The summed E-state index contributed by atoms with van der Waals surface area (Å²) in [6.07, 6.45) is 5.51. The Morgan fingerprint density at radius 2 is 1.70 bits per heavy atom. The highest BCUT2D eigenvalue weighted by atomic mass is 16.2. The van der Waals surface area contributed by atoms with Gasteiger partial charge in [0.1, 0.15) is 5.82 Å². The molecule has 0 saturated carbocycles. The van der Waals surface area contributed by atoms with Crippen LogP contribution in [0.5, 0.6) is 0 Å². The number of hydrogen-bond donors (Lipinski definition) is 1. The zero-order chi connectivity index (χ0) is 23.0. The van der Waals surface area contributed by atoms with Crippen molar-refractivity contribution in [1.29, 1.82) is 0 Å². The standard InChI is InChI=1S/C27H30N4O2/c1-20-28-19-23(27(33)29-18-22-12-6-3-7-13-22)26(30-20)24-14-8-9-17-31(24)25(32)16-15-21-10-4-2-5-11-21/h2-7,10-13,19,24H,8-9,14-18H2,1H3,(H,29,33). The summed E-state index contributed by atoms with van der Waals surface area (Å²) in [5.41, 5.74) is 3.28. The molecule has 1 atom stereocenters. The van der Waals surface area contributed by atoms with Crippen LogP contribution in [0.2, 0.25) is 0 Å². The third-order valence-corrected chi connectivity index (χ3v) is 6.09. The molecule has 0 radical (unpaired) electrons. The Kier molecular flexibility index (Phi) is 7.45. The van der Waals surface area contributed by atoms with Crippen LogP contribution >= 0.6 is 0 Å². The number of amides is 2. The molecule has 3 aromatic rings. The summed E-state index contributed by atoms with van der Waals surface area (Å²) in [5.74, 6) is 0.499. The third kappa shape index (κ3) is 5.83. The Bertz CT molecular complexity index is 1090. The number of likely N-dealkylation sites (tertiary alicyclic amines) is 1. The Balaban J connectivity index is 1.52. The quantitative estimate of drug-likeness (QED) is 0.588. The van der Waals surface area contributed by atoms with E-state index in [1.54, 1.807) is 6.20 Å². The molecule has 1 N–H and O–H groups in total. The Hall–Kier alpha value is -3.54. The molecule has 0 spiro atoms. The molecule has 1 fully saturated rings. The Morgan fingerprint density at radius 3 is 2.42 bits per heavy atom. The van der Waals surface area contributed by atoms with Gasteiger partial charge in [0.25, 0.3) is 5.91 Å². The summed E-state index contributed by atoms with van der Waals surface area (Å²) in [7, 11) is 0. The first-order valence-electron chi connectivity index (χ1n) is 11.6. The van der Waals surface area contributed by atoms with Gasteiger partial charge >= 0.3 is 0 Å². The molecule has 0 bridgehead atoms. The molecule has 1 aliphatic heterocycles. The molecule has 4 rings (SSSR count). The lowest BCUT2D eigenvalue weighted by molar-refractivity contribution is -0.135. The van der Waals surface area contributed by atoms with E-state index < -0.39 is 0 Å². The minimum absolute atomic E-state index is 0.107. The van der Waals surface area contributed by atoms with Crippen LogP contribution in [0.1, 0.15) is 64.7 Å². The maximum atomic E-state index is 13.2. The van der Waals surface area contributed by atoms with Crippen LogP contribution in [0.15, 0.2) is 66.9 Å². The number of benzene rings is 2. The lowest BCUT2D eigenvalue weighted by Crippen LogP contribution is -2.40. The van der Waals surface area contributed by atoms with Crippen LogP contribution in [-0.2, 0) is 17.8 Å². The van der Waals surface area contributed by atoms with E-state index >= 15 is 0 Å². The zero-order valence-electron chi connectivity index (χ0n) is 19.0. The van der Waals surface area contributed by atoms with Gasteiger partial charge < -0.3 is 10.2 Å². The molecular weight excluding hydrogens is 412 g/mol. The fourth-order valence-electron chi connectivity index (χ4n) is 4.34. The number of carbonyl (C=O) groups excluding carboxylic acids is 2. The monoisotopic (exact) mass is 442 g/mol. The van der Waals surface area contributed by atoms with Crippen LogP contribution < -0.4 is 5.32 Å². The van der Waals surface area contributed by atoms with Crippen molar-refractivity contribution in [3.05, 3.63) is 95.1 Å². The highest BCUT2D eigenvalue weighted by molar-refractivity contribution is 5.95. The van der Waals surface area contributed by atoms with Crippen molar-refractivity contribution in [3.63, 3.8) is 0 Å². The predicted octanol–water partition coefficient (Wildman–Crippen LogP) is 4.40. The van der Waals surface area contributed by atoms with Crippen LogP contribution in [0, 0.1) is 6.92 Å². The lowest BCUT2D eigenvalue weighted by Gasteiger charge is -2.36. The second-order valence-corrected chi connectivity index (χ2v) is 8.47. The van der Waals surface area contributed by atoms with Gasteiger partial charge in [0, 0.05) is 25.7 Å². The van der Waals surface area contributed by atoms with Gasteiger partial charge in [-0.3, -0.25) is 9.59 Å². The fourth-order valence-corrected chi connectivity index (χ4v) is 4.34. The smallest absolute Gasteiger partial charge is 0.255 e. The van der Waals surface area contributed by atoms with Gasteiger partial charge in [-0.05, 0) is 43.7 Å². The molecule has 33 heavy (non-hydrogen) atoms. The zero-order valence-corrected chi connectivity index (χ0v) is 19.0. The number of aryl methyl sites for hydroxylation is 2. The lowest BCUT2D eigenvalue weighted by atomic mass is 9.95. The fraction of sp³-hybridized carbons (Fsp3) is 0.333. The van der Waals surface area contributed by atoms with Gasteiger partial charge in [0.15, 0.2) is 0 Å². The van der Waals surface area contributed by atoms with E-state index in [9.17, 15) is 9.59 Å². The van der Waals surface area contributed by atoms with E-state index in [4.69, 9.17) is 0 Å². The van der Waals surface area contributed by atoms with Crippen molar-refractivity contribution in [1.82, 2.24) is 20.2 Å². The maximum Gasteiger partial charge on any atom is 0.255 e. The van der Waals surface area contributed by atoms with E-state index in [2.05, 4.69) is 15.3 Å². The van der Waals surface area contributed by atoms with Gasteiger partial charge in [0.2, 0.25) is 5.91 Å². The van der Waals surface area contributed by atoms with Crippen molar-refractivity contribution in [2.75, 3.05) is 6.54 Å². The van der Waals surface area contributed by atoms with Crippen LogP contribution in [0.3, 0.4) is 0 Å². The summed E-state index contributed by atoms with van der Waals surface area (Å²) in [6.45, 7) is 2.93. The van der Waals surface area contributed by atoms with Gasteiger partial charge in [-0.1, -0.05) is 60.7 Å². The van der Waals surface area contributed by atoms with Gasteiger partial charge in [-0.25, -0.2) is 9.97 Å². The predicted molar refractivity (Wildman–Crippen MR) is 127 cm³/mol. The molecule has 2 aromatic carbocycles. The average molecular weight is 443 g/mol. The number of nitrogens with one attached hydrogen (secondary N) is 1. The number of aromatic nitrogens is 2. The summed E-state index contributed by atoms with van der Waals surface area (Å²) in [4.78, 5) is 37.2. The first kappa shape index (κ1) is 22.6. The highest BCUT2D eigenvalue weighted by Gasteiger charge is 2.32. The second-order valence-electron chi connectivity index (χ2n) is 8.47. The van der Waals surface area contributed by atoms with E-state index in [1.807, 2.05) is 72.5 Å². The Labute approximate surface area is 195 Å². The minimum atomic E-state index is -0.212. The summed E-state index contributed by atoms with van der Waals surface area (Å²) >= 11 is 0. The molecule has 1 aromatic heterocycles. The molecule has 6 nitrogen and oxygen atoms in total. The van der Waals surface area contributed by atoms with Crippen LogP contribution in [0.25, 0.3) is 0 Å². The van der Waals surface area contributed by atoms with Gasteiger partial charge in [-0.15, -0.1) is 0 Å². The van der Waals surface area contributed by atoms with E-state index in [0.29, 0.717) is 43.0 Å². The number of carbonyl (C=O) groups is 2. The minimum Gasteiger partial charge on any atom is -0.348 e. The van der Waals surface area contributed by atoms with Gasteiger partial charge in [0.05, 0.1) is 17.3 Å². The molecule has 1 unspecified atom stereocenters. The molecule has 1 saturated heterocycles. The third-order valence-electron chi connectivity index (χ3n) is 6.09. The van der Waals surface area contributed by atoms with Crippen molar-refractivity contribution < 1.29 is 9.59 Å². The van der Waals surface area contributed by atoms with Crippen molar-refractivity contribution in [2.45, 2.75) is 51.6 Å². The van der Waals surface area contributed by atoms with Crippen molar-refractivity contribution >= 4 is 11.8 Å². The maximum absolute atomic E-state index is 13.2. The molecule has 1 aliphatic rings. The second kappa shape index (κ2) is 10.9. The molecule has 170 valence electrons. The number of hydrogen-bond acceptors (Lipinski definition) is 4. The van der Waals surface area contributed by atoms with Crippen molar-refractivity contribution in [2.24, 2.45) is 0 Å². The average Bonchev–Trinajstić information content (AvgIpc) is 2.87. The van der Waals surface area contributed by atoms with E-state index in [-0.39, 0.29) is 17.9 Å². The number of nitrogens with zero attached hydrogens (tertiary/aromatic N) is 3. The summed E-state index contributed by atoms with van der Waals surface area (Å²) < 4.78 is 0. The first-order valence-corrected chi connectivity index (χ1v) is 11.6. The Morgan fingerprint density at radius 1 is 1.00 bits per heavy atom.